The van der Waals surface area contributed by atoms with Crippen LogP contribution in [0, 0.1) is 0 Å². The third-order valence-corrected chi connectivity index (χ3v) is 2.16. The highest BCUT2D eigenvalue weighted by molar-refractivity contribution is 5.20. The summed E-state index contributed by atoms with van der Waals surface area (Å²) in [7, 11) is 0. The van der Waals surface area contributed by atoms with Gasteiger partial charge in [-0.15, -0.1) is 0 Å². The van der Waals surface area contributed by atoms with Gasteiger partial charge in [-0.3, -0.25) is 0 Å². The molecule has 0 spiro atoms. The Labute approximate surface area is 86.1 Å². The molecular weight excluding hydrogens is 174 g/mol. The zero-order chi connectivity index (χ0) is 10.1. The summed E-state index contributed by atoms with van der Waals surface area (Å²) in [6.07, 6.45) is 4.92. The van der Waals surface area contributed by atoms with E-state index in [2.05, 4.69) is 5.73 Å². The van der Waals surface area contributed by atoms with Crippen molar-refractivity contribution < 1.29 is 10.5 Å². The fourth-order valence-electron chi connectivity index (χ4n) is 1.34. The van der Waals surface area contributed by atoms with Crippen LogP contribution in [0.15, 0.2) is 30.3 Å². The van der Waals surface area contributed by atoms with Gasteiger partial charge in [0.15, 0.2) is 0 Å². The Morgan fingerprint density at radius 1 is 0.929 bits per heavy atom. The van der Waals surface area contributed by atoms with Crippen LogP contribution in [0.3, 0.4) is 0 Å². The Morgan fingerprint density at radius 2 is 1.64 bits per heavy atom. The predicted molar refractivity (Wildman–Crippen MR) is 58.2 cm³/mol. The Hall–Kier alpha value is -1.02. The van der Waals surface area contributed by atoms with Crippen LogP contribution in [0.1, 0.15) is 25.7 Å². The average Bonchev–Trinajstić information content (AvgIpc) is 2.25. The maximum Gasteiger partial charge on any atom is 0.119 e. The fourth-order valence-corrected chi connectivity index (χ4v) is 1.34. The van der Waals surface area contributed by atoms with E-state index >= 15 is 0 Å². The monoisotopic (exact) mass is 194 g/mol. The van der Waals surface area contributed by atoms with E-state index in [1.54, 1.807) is 0 Å². The minimum atomic E-state index is 0.834. The van der Waals surface area contributed by atoms with Gasteiger partial charge in [0.2, 0.25) is 0 Å². The van der Waals surface area contributed by atoms with Crippen LogP contribution >= 0.6 is 0 Å². The van der Waals surface area contributed by atoms with Crippen molar-refractivity contribution in [3.8, 4) is 5.75 Å². The first-order chi connectivity index (χ1) is 6.93. The van der Waals surface area contributed by atoms with E-state index in [0.717, 1.165) is 25.3 Å². The maximum atomic E-state index is 5.57. The van der Waals surface area contributed by atoms with Crippen LogP contribution in [-0.4, -0.2) is 13.2 Å². The Kier molecular flexibility index (Phi) is 5.84. The lowest BCUT2D eigenvalue weighted by Gasteiger charge is -2.04. The molecule has 0 saturated carbocycles. The number of benzene rings is 1. The second-order valence-corrected chi connectivity index (χ2v) is 3.43. The lowest BCUT2D eigenvalue weighted by molar-refractivity contribution is -0.368. The molecule has 0 unspecified atom stereocenters. The molecule has 0 aromatic heterocycles. The molecule has 2 heteroatoms. The molecular formula is C12H20NO+. The summed E-state index contributed by atoms with van der Waals surface area (Å²) >= 11 is 0. The minimum Gasteiger partial charge on any atom is -0.494 e. The smallest absolute Gasteiger partial charge is 0.119 e. The number of unbranched alkanes of at least 4 members (excludes halogenated alkanes) is 3. The van der Waals surface area contributed by atoms with Gasteiger partial charge < -0.3 is 10.5 Å². The molecule has 78 valence electrons. The summed E-state index contributed by atoms with van der Waals surface area (Å²) in [6.45, 7) is 1.89. The van der Waals surface area contributed by atoms with Gasteiger partial charge in [-0.2, -0.15) is 0 Å². The van der Waals surface area contributed by atoms with E-state index < -0.39 is 0 Å². The third kappa shape index (κ3) is 4.87. The molecule has 0 aliphatic carbocycles. The largest absolute Gasteiger partial charge is 0.494 e. The highest BCUT2D eigenvalue weighted by Crippen LogP contribution is 2.09. The van der Waals surface area contributed by atoms with E-state index in [-0.39, 0.29) is 0 Å². The normalized spacial score (nSPS) is 10.1. The van der Waals surface area contributed by atoms with Crippen LogP contribution in [0.2, 0.25) is 0 Å². The first-order valence-electron chi connectivity index (χ1n) is 5.40. The third-order valence-electron chi connectivity index (χ3n) is 2.16. The average molecular weight is 194 g/mol. The van der Waals surface area contributed by atoms with E-state index in [1.807, 2.05) is 30.3 Å². The molecule has 0 fully saturated rings. The molecule has 0 amide bonds. The quantitative estimate of drug-likeness (QED) is 0.661. The Bertz CT molecular complexity index is 223. The van der Waals surface area contributed by atoms with E-state index in [0.29, 0.717) is 0 Å². The molecule has 0 radical (unpaired) electrons. The molecule has 14 heavy (non-hydrogen) atoms. The number of quaternary nitrogens is 1. The standard InChI is InChI=1S/C12H19NO/c13-10-6-1-2-7-11-14-12-8-4-3-5-9-12/h3-5,8-9H,1-2,6-7,10-11,13H2/p+1. The highest BCUT2D eigenvalue weighted by atomic mass is 16.5. The highest BCUT2D eigenvalue weighted by Gasteiger charge is 1.92. The van der Waals surface area contributed by atoms with Crippen LogP contribution in [0.5, 0.6) is 5.75 Å². The number of hydrogen-bond acceptors (Lipinski definition) is 1. The van der Waals surface area contributed by atoms with Crippen LogP contribution in [-0.2, 0) is 0 Å². The molecule has 0 heterocycles. The van der Waals surface area contributed by atoms with Crippen molar-refractivity contribution in [2.24, 2.45) is 0 Å². The van der Waals surface area contributed by atoms with Crippen molar-refractivity contribution in [1.29, 1.82) is 0 Å². The molecule has 0 saturated heterocycles. The van der Waals surface area contributed by atoms with Crippen LogP contribution < -0.4 is 10.5 Å². The molecule has 0 aliphatic rings. The van der Waals surface area contributed by atoms with E-state index in [4.69, 9.17) is 4.74 Å². The first kappa shape index (κ1) is 11.1. The molecule has 2 nitrogen and oxygen atoms in total. The van der Waals surface area contributed by atoms with Gasteiger partial charge in [0, 0.05) is 0 Å². The zero-order valence-corrected chi connectivity index (χ0v) is 8.74. The summed E-state index contributed by atoms with van der Waals surface area (Å²) in [5.41, 5.74) is 3.82. The lowest BCUT2D eigenvalue weighted by atomic mass is 10.2. The summed E-state index contributed by atoms with van der Waals surface area (Å²) < 4.78 is 5.57. The SMILES string of the molecule is [NH3+]CCCCCCOc1ccccc1. The molecule has 0 bridgehead atoms. The van der Waals surface area contributed by atoms with Gasteiger partial charge in [0.05, 0.1) is 13.2 Å². The summed E-state index contributed by atoms with van der Waals surface area (Å²) in [4.78, 5) is 0. The molecule has 3 N–H and O–H groups in total. The molecule has 0 atom stereocenters. The molecule has 1 rings (SSSR count). The summed E-state index contributed by atoms with van der Waals surface area (Å²) in [5, 5.41) is 0. The van der Waals surface area contributed by atoms with E-state index in [9.17, 15) is 0 Å². The van der Waals surface area contributed by atoms with Gasteiger partial charge in [-0.05, 0) is 37.8 Å². The number of para-hydroxylation sites is 1. The van der Waals surface area contributed by atoms with Crippen molar-refractivity contribution in [2.45, 2.75) is 25.7 Å². The lowest BCUT2D eigenvalue weighted by Crippen LogP contribution is -2.50. The number of ether oxygens (including phenoxy) is 1. The summed E-state index contributed by atoms with van der Waals surface area (Å²) in [5.74, 6) is 0.977. The van der Waals surface area contributed by atoms with Crippen molar-refractivity contribution in [1.82, 2.24) is 0 Å². The summed E-state index contributed by atoms with van der Waals surface area (Å²) in [6, 6.07) is 9.99. The number of rotatable bonds is 7. The molecule has 0 aliphatic heterocycles. The zero-order valence-electron chi connectivity index (χ0n) is 8.74. The minimum absolute atomic E-state index is 0.834. The number of hydrogen-bond donors (Lipinski definition) is 1. The Balaban J connectivity index is 1.99. The molecule has 1 aromatic rings. The second kappa shape index (κ2) is 7.39. The van der Waals surface area contributed by atoms with Crippen LogP contribution in [0.25, 0.3) is 0 Å². The van der Waals surface area contributed by atoms with Gasteiger partial charge >= 0.3 is 0 Å². The first-order valence-corrected chi connectivity index (χ1v) is 5.40. The Morgan fingerprint density at radius 3 is 2.36 bits per heavy atom. The van der Waals surface area contributed by atoms with Gasteiger partial charge in [0.25, 0.3) is 0 Å². The van der Waals surface area contributed by atoms with Crippen molar-refractivity contribution in [3.05, 3.63) is 30.3 Å². The van der Waals surface area contributed by atoms with Gasteiger partial charge in [-0.25, -0.2) is 0 Å². The van der Waals surface area contributed by atoms with Crippen molar-refractivity contribution >= 4 is 0 Å². The maximum absolute atomic E-state index is 5.57. The van der Waals surface area contributed by atoms with Crippen molar-refractivity contribution in [3.63, 3.8) is 0 Å². The van der Waals surface area contributed by atoms with Gasteiger partial charge in [0.1, 0.15) is 5.75 Å². The van der Waals surface area contributed by atoms with Crippen molar-refractivity contribution in [2.75, 3.05) is 13.2 Å². The topological polar surface area (TPSA) is 36.9 Å². The van der Waals surface area contributed by atoms with E-state index in [1.165, 1.54) is 19.3 Å². The van der Waals surface area contributed by atoms with Gasteiger partial charge in [-0.1, -0.05) is 18.2 Å². The van der Waals surface area contributed by atoms with Crippen LogP contribution in [0.4, 0.5) is 0 Å². The molecule has 1 aromatic carbocycles. The second-order valence-electron chi connectivity index (χ2n) is 3.43. The fraction of sp³-hybridized carbons (Fsp3) is 0.500. The predicted octanol–water partition coefficient (Wildman–Crippen LogP) is 1.87.